The minimum Gasteiger partial charge on any atom is -0.378 e. The summed E-state index contributed by atoms with van der Waals surface area (Å²) in [5.74, 6) is 0.132. The molecule has 3 aliphatic rings. The highest BCUT2D eigenvalue weighted by Crippen LogP contribution is 2.34. The van der Waals surface area contributed by atoms with Crippen LogP contribution in [0.25, 0.3) is 0 Å². The lowest BCUT2D eigenvalue weighted by Crippen LogP contribution is -2.38. The van der Waals surface area contributed by atoms with Gasteiger partial charge < -0.3 is 14.5 Å². The Hall–Kier alpha value is -2.54. The normalized spacial score (nSPS) is 22.4. The summed E-state index contributed by atoms with van der Waals surface area (Å²) >= 11 is 0. The first-order chi connectivity index (χ1) is 13.0. The number of hydrogen-bond donors (Lipinski definition) is 0. The van der Waals surface area contributed by atoms with Crippen molar-refractivity contribution in [1.29, 1.82) is 0 Å². The molecular formula is C20H22FN3O3. The van der Waals surface area contributed by atoms with Crippen molar-refractivity contribution in [2.24, 2.45) is 4.99 Å². The first kappa shape index (κ1) is 17.9. The zero-order valence-corrected chi connectivity index (χ0v) is 15.3. The molecule has 1 unspecified atom stereocenters. The van der Waals surface area contributed by atoms with E-state index in [1.165, 1.54) is 6.07 Å². The summed E-state index contributed by atoms with van der Waals surface area (Å²) in [6, 6.07) is 4.70. The fourth-order valence-electron chi connectivity index (χ4n) is 3.93. The van der Waals surface area contributed by atoms with Crippen LogP contribution in [-0.2, 0) is 20.7 Å². The number of hydrogen-bond acceptors (Lipinski definition) is 5. The minimum absolute atomic E-state index is 0.0461. The highest BCUT2D eigenvalue weighted by Gasteiger charge is 2.33. The van der Waals surface area contributed by atoms with Crippen LogP contribution < -0.4 is 4.90 Å². The number of nitrogens with zero attached hydrogens (tertiary/aromatic N) is 3. The van der Waals surface area contributed by atoms with Crippen molar-refractivity contribution >= 4 is 23.1 Å². The van der Waals surface area contributed by atoms with Gasteiger partial charge in [-0.05, 0) is 25.5 Å². The molecule has 1 amide bonds. The molecule has 0 N–H and O–H groups in total. The predicted molar refractivity (Wildman–Crippen MR) is 99.2 cm³/mol. The smallest absolute Gasteiger partial charge is 0.232 e. The number of rotatable bonds is 3. The summed E-state index contributed by atoms with van der Waals surface area (Å²) in [4.78, 5) is 33.3. The number of amides is 1. The van der Waals surface area contributed by atoms with Crippen LogP contribution in [0.5, 0.6) is 0 Å². The van der Waals surface area contributed by atoms with Gasteiger partial charge in [-0.3, -0.25) is 9.59 Å². The van der Waals surface area contributed by atoms with Gasteiger partial charge in [-0.25, -0.2) is 9.38 Å². The maximum absolute atomic E-state index is 14.0. The predicted octanol–water partition coefficient (Wildman–Crippen LogP) is 2.08. The Balaban J connectivity index is 1.53. The number of aliphatic imine (C=N–C) groups is 1. The number of anilines is 1. The average molecular weight is 371 g/mol. The van der Waals surface area contributed by atoms with Crippen LogP contribution in [0.4, 0.5) is 10.1 Å². The van der Waals surface area contributed by atoms with Crippen LogP contribution in [-0.4, -0.2) is 54.6 Å². The third kappa shape index (κ3) is 3.51. The van der Waals surface area contributed by atoms with Gasteiger partial charge in [0.25, 0.3) is 0 Å². The van der Waals surface area contributed by atoms with Crippen molar-refractivity contribution < 1.29 is 18.7 Å². The summed E-state index contributed by atoms with van der Waals surface area (Å²) < 4.78 is 19.4. The monoisotopic (exact) mass is 371 g/mol. The van der Waals surface area contributed by atoms with E-state index in [0.717, 1.165) is 0 Å². The number of benzene rings is 1. The molecule has 0 aliphatic carbocycles. The molecule has 6 nitrogen and oxygen atoms in total. The van der Waals surface area contributed by atoms with Crippen LogP contribution in [0, 0.1) is 5.82 Å². The fourth-order valence-corrected chi connectivity index (χ4v) is 3.93. The van der Waals surface area contributed by atoms with Crippen LogP contribution in [0.2, 0.25) is 0 Å². The third-order valence-electron chi connectivity index (χ3n) is 5.19. The van der Waals surface area contributed by atoms with Crippen LogP contribution >= 0.6 is 0 Å². The lowest BCUT2D eigenvalue weighted by molar-refractivity contribution is -0.117. The summed E-state index contributed by atoms with van der Waals surface area (Å²) in [7, 11) is 0. The molecule has 1 aromatic carbocycles. The van der Waals surface area contributed by atoms with Gasteiger partial charge >= 0.3 is 0 Å². The van der Waals surface area contributed by atoms with E-state index in [1.807, 2.05) is 11.8 Å². The van der Waals surface area contributed by atoms with E-state index in [9.17, 15) is 14.0 Å². The van der Waals surface area contributed by atoms with Gasteiger partial charge in [-0.2, -0.15) is 0 Å². The second kappa shape index (κ2) is 7.23. The minimum atomic E-state index is -0.280. The number of ether oxygens (including phenoxy) is 1. The highest BCUT2D eigenvalue weighted by atomic mass is 19.1. The molecule has 142 valence electrons. The fraction of sp³-hybridized carbons (Fsp3) is 0.450. The number of carbonyl (C=O) groups is 2. The molecule has 0 saturated carbocycles. The molecule has 1 fully saturated rings. The molecular weight excluding hydrogens is 349 g/mol. The number of carbonyl (C=O) groups excluding carboxylic acids is 2. The van der Waals surface area contributed by atoms with E-state index in [0.29, 0.717) is 55.5 Å². The zero-order valence-electron chi connectivity index (χ0n) is 15.3. The van der Waals surface area contributed by atoms with E-state index in [4.69, 9.17) is 4.74 Å². The maximum atomic E-state index is 14.0. The molecule has 7 heteroatoms. The van der Waals surface area contributed by atoms with Gasteiger partial charge in [0.15, 0.2) is 5.78 Å². The van der Waals surface area contributed by atoms with Gasteiger partial charge in [-0.1, -0.05) is 6.07 Å². The summed E-state index contributed by atoms with van der Waals surface area (Å²) in [5, 5.41) is 0. The Morgan fingerprint density at radius 2 is 2.11 bits per heavy atom. The molecule has 3 aliphatic heterocycles. The average Bonchev–Trinajstić information content (AvgIpc) is 2.99. The van der Waals surface area contributed by atoms with Gasteiger partial charge in [0, 0.05) is 42.9 Å². The molecule has 0 radical (unpaired) electrons. The molecule has 0 bridgehead atoms. The van der Waals surface area contributed by atoms with Crippen molar-refractivity contribution in [2.45, 2.75) is 32.2 Å². The van der Waals surface area contributed by atoms with Crippen LogP contribution in [0.15, 0.2) is 35.1 Å². The summed E-state index contributed by atoms with van der Waals surface area (Å²) in [6.45, 7) is 4.47. The van der Waals surface area contributed by atoms with Crippen molar-refractivity contribution in [1.82, 2.24) is 4.90 Å². The lowest BCUT2D eigenvalue weighted by Gasteiger charge is -2.30. The van der Waals surface area contributed by atoms with E-state index < -0.39 is 0 Å². The Bertz CT molecular complexity index is 843. The zero-order chi connectivity index (χ0) is 19.0. The Labute approximate surface area is 157 Å². The lowest BCUT2D eigenvalue weighted by atomic mass is 10.1. The SMILES string of the molecule is CC1Cc2c(F)cccc2N1C(=O)CC1=NC(N2CCOCC2)=CC(=O)C1. The van der Waals surface area contributed by atoms with Gasteiger partial charge in [0.2, 0.25) is 5.91 Å². The number of ketones is 1. The number of allylic oxidation sites excluding steroid dienone is 1. The largest absolute Gasteiger partial charge is 0.378 e. The van der Waals surface area contributed by atoms with E-state index in [-0.39, 0.29) is 36.4 Å². The van der Waals surface area contributed by atoms with Crippen LogP contribution in [0.1, 0.15) is 25.3 Å². The summed E-state index contributed by atoms with van der Waals surface area (Å²) in [6.07, 6.45) is 2.26. The Morgan fingerprint density at radius 1 is 1.33 bits per heavy atom. The van der Waals surface area contributed by atoms with Gasteiger partial charge in [0.05, 0.1) is 25.3 Å². The third-order valence-corrected chi connectivity index (χ3v) is 5.19. The molecule has 1 aromatic rings. The summed E-state index contributed by atoms with van der Waals surface area (Å²) in [5.41, 5.74) is 1.76. The van der Waals surface area contributed by atoms with Crippen molar-refractivity contribution in [3.8, 4) is 0 Å². The van der Waals surface area contributed by atoms with Crippen molar-refractivity contribution in [2.75, 3.05) is 31.2 Å². The van der Waals surface area contributed by atoms with Crippen molar-refractivity contribution in [3.05, 3.63) is 41.5 Å². The van der Waals surface area contributed by atoms with Gasteiger partial charge in [0.1, 0.15) is 11.6 Å². The first-order valence-corrected chi connectivity index (χ1v) is 9.26. The van der Waals surface area contributed by atoms with Crippen LogP contribution in [0.3, 0.4) is 0 Å². The van der Waals surface area contributed by atoms with Crippen molar-refractivity contribution in [3.63, 3.8) is 0 Å². The topological polar surface area (TPSA) is 62.2 Å². The highest BCUT2D eigenvalue weighted by molar-refractivity contribution is 6.16. The Morgan fingerprint density at radius 3 is 2.89 bits per heavy atom. The Kier molecular flexibility index (Phi) is 4.78. The number of halogens is 1. The number of morpholine rings is 1. The van der Waals surface area contributed by atoms with E-state index >= 15 is 0 Å². The molecule has 3 heterocycles. The molecule has 1 saturated heterocycles. The maximum Gasteiger partial charge on any atom is 0.232 e. The quantitative estimate of drug-likeness (QED) is 0.816. The molecule has 4 rings (SSSR count). The second-order valence-electron chi connectivity index (χ2n) is 7.15. The molecule has 1 atom stereocenters. The van der Waals surface area contributed by atoms with E-state index in [2.05, 4.69) is 4.99 Å². The second-order valence-corrected chi connectivity index (χ2v) is 7.15. The first-order valence-electron chi connectivity index (χ1n) is 9.26. The molecule has 0 aromatic heterocycles. The standard InChI is InChI=1S/C20H22FN3O3/c1-13-9-16-17(21)3-2-4-18(16)24(13)20(26)11-14-10-15(25)12-19(22-14)23-5-7-27-8-6-23/h2-4,12-13H,5-11H2,1H3. The van der Waals surface area contributed by atoms with E-state index in [1.54, 1.807) is 23.1 Å². The number of fused-ring (bicyclic) bond motifs is 1. The molecule has 0 spiro atoms. The molecule has 27 heavy (non-hydrogen) atoms. The van der Waals surface area contributed by atoms with Gasteiger partial charge in [-0.15, -0.1) is 0 Å².